The number of nitrogens with zero attached hydrogens (tertiary/aromatic N) is 3. The van der Waals surface area contributed by atoms with E-state index in [2.05, 4.69) is 16.5 Å². The average molecular weight is 437 g/mol. The number of hydrogen-bond donors (Lipinski definition) is 1. The molecule has 168 valence electrons. The minimum absolute atomic E-state index is 0.116. The number of nitrogens with one attached hydrogen (secondary N) is 1. The summed E-state index contributed by atoms with van der Waals surface area (Å²) >= 11 is 0. The third kappa shape index (κ3) is 5.19. The van der Waals surface area contributed by atoms with Crippen LogP contribution in [-0.4, -0.2) is 48.3 Å². The summed E-state index contributed by atoms with van der Waals surface area (Å²) in [7, 11) is 3.19. The van der Waals surface area contributed by atoms with Gasteiger partial charge in [-0.15, -0.1) is 0 Å². The molecule has 1 aromatic carbocycles. The van der Waals surface area contributed by atoms with E-state index >= 15 is 0 Å². The second kappa shape index (κ2) is 9.72. The molecule has 1 aliphatic heterocycles. The van der Waals surface area contributed by atoms with E-state index in [1.54, 1.807) is 13.2 Å². The summed E-state index contributed by atoms with van der Waals surface area (Å²) in [6, 6.07) is 13.6. The van der Waals surface area contributed by atoms with Gasteiger partial charge >= 0.3 is 0 Å². The van der Waals surface area contributed by atoms with Gasteiger partial charge in [0.1, 0.15) is 11.5 Å². The molecule has 0 saturated carbocycles. The Morgan fingerprint density at radius 3 is 2.84 bits per heavy atom. The molecule has 1 fully saturated rings. The molecule has 32 heavy (non-hydrogen) atoms. The number of aryl methyl sites for hydroxylation is 2. The molecule has 1 amide bonds. The molecular formula is C24H28N4O4. The normalized spacial score (nSPS) is 15.6. The van der Waals surface area contributed by atoms with Gasteiger partial charge in [0, 0.05) is 66.7 Å². The van der Waals surface area contributed by atoms with E-state index in [9.17, 15) is 4.79 Å². The molecule has 1 unspecified atom stereocenters. The Bertz CT molecular complexity index is 1080. The van der Waals surface area contributed by atoms with E-state index in [4.69, 9.17) is 19.0 Å². The lowest BCUT2D eigenvalue weighted by Crippen LogP contribution is -2.28. The third-order valence-electron chi connectivity index (χ3n) is 5.62. The Hall–Kier alpha value is -3.55. The molecule has 0 radical (unpaired) electrons. The zero-order valence-corrected chi connectivity index (χ0v) is 18.6. The molecule has 8 nitrogen and oxygen atoms in total. The van der Waals surface area contributed by atoms with Gasteiger partial charge in [0.15, 0.2) is 0 Å². The summed E-state index contributed by atoms with van der Waals surface area (Å²) in [5.74, 6) is 2.21. The molecule has 4 rings (SSSR count). The number of ether oxygens (including phenoxy) is 2. The lowest BCUT2D eigenvalue weighted by atomic mass is 10.0. The molecule has 3 heterocycles. The molecule has 1 atom stereocenters. The standard InChI is InChI=1S/C24H28N4O4/c1-16-11-19(26-18-5-4-6-20(12-18)30-2)13-22(25-16)17-9-10-28(15-17)24(29)8-7-21-14-23(31-3)27-32-21/h4-6,11-14,17H,7-10,15H2,1-3H3,(H,25,26). The number of amides is 1. The van der Waals surface area contributed by atoms with Gasteiger partial charge in [-0.3, -0.25) is 9.78 Å². The van der Waals surface area contributed by atoms with Crippen LogP contribution in [-0.2, 0) is 11.2 Å². The monoisotopic (exact) mass is 436 g/mol. The fourth-order valence-corrected chi connectivity index (χ4v) is 3.97. The Kier molecular flexibility index (Phi) is 6.58. The third-order valence-corrected chi connectivity index (χ3v) is 5.62. The molecular weight excluding hydrogens is 408 g/mol. The molecule has 0 spiro atoms. The molecule has 2 aromatic heterocycles. The molecule has 1 aliphatic rings. The molecule has 0 aliphatic carbocycles. The van der Waals surface area contributed by atoms with Gasteiger partial charge < -0.3 is 24.2 Å². The number of likely N-dealkylation sites (tertiary alicyclic amines) is 1. The smallest absolute Gasteiger partial charge is 0.254 e. The number of rotatable bonds is 8. The minimum Gasteiger partial charge on any atom is -0.497 e. The van der Waals surface area contributed by atoms with Crippen molar-refractivity contribution < 1.29 is 18.8 Å². The molecule has 3 aromatic rings. The van der Waals surface area contributed by atoms with Gasteiger partial charge in [0.25, 0.3) is 5.88 Å². The lowest BCUT2D eigenvalue weighted by molar-refractivity contribution is -0.130. The van der Waals surface area contributed by atoms with Crippen LogP contribution < -0.4 is 14.8 Å². The van der Waals surface area contributed by atoms with Crippen molar-refractivity contribution in [2.45, 2.75) is 32.1 Å². The highest BCUT2D eigenvalue weighted by atomic mass is 16.5. The van der Waals surface area contributed by atoms with Gasteiger partial charge in [-0.05, 0) is 42.8 Å². The fourth-order valence-electron chi connectivity index (χ4n) is 3.97. The SMILES string of the molecule is COc1cccc(Nc2cc(C)nc(C3CCN(C(=O)CCc4cc(OC)no4)C3)c2)c1. The van der Waals surface area contributed by atoms with E-state index < -0.39 is 0 Å². The Morgan fingerprint density at radius 1 is 1.19 bits per heavy atom. The van der Waals surface area contributed by atoms with Crippen LogP contribution in [0.15, 0.2) is 47.0 Å². The van der Waals surface area contributed by atoms with Crippen molar-refractivity contribution in [2.75, 3.05) is 32.6 Å². The van der Waals surface area contributed by atoms with Gasteiger partial charge in [0.05, 0.1) is 14.2 Å². The number of anilines is 2. The molecule has 1 N–H and O–H groups in total. The Balaban J connectivity index is 1.38. The Labute approximate surface area is 187 Å². The summed E-state index contributed by atoms with van der Waals surface area (Å²) < 4.78 is 15.5. The minimum atomic E-state index is 0.116. The highest BCUT2D eigenvalue weighted by molar-refractivity contribution is 5.76. The van der Waals surface area contributed by atoms with E-state index in [1.165, 1.54) is 7.11 Å². The molecule has 8 heteroatoms. The zero-order chi connectivity index (χ0) is 22.5. The van der Waals surface area contributed by atoms with Crippen molar-refractivity contribution in [3.05, 3.63) is 59.6 Å². The summed E-state index contributed by atoms with van der Waals surface area (Å²) in [6.07, 6.45) is 1.79. The highest BCUT2D eigenvalue weighted by Gasteiger charge is 2.28. The second-order valence-corrected chi connectivity index (χ2v) is 7.94. The van der Waals surface area contributed by atoms with E-state index in [0.29, 0.717) is 31.0 Å². The maximum atomic E-state index is 12.7. The first-order valence-corrected chi connectivity index (χ1v) is 10.7. The summed E-state index contributed by atoms with van der Waals surface area (Å²) in [5.41, 5.74) is 3.88. The average Bonchev–Trinajstić information content (AvgIpc) is 3.47. The summed E-state index contributed by atoms with van der Waals surface area (Å²) in [4.78, 5) is 19.4. The van der Waals surface area contributed by atoms with Gasteiger partial charge in [-0.1, -0.05) is 6.07 Å². The van der Waals surface area contributed by atoms with Gasteiger partial charge in [0.2, 0.25) is 5.91 Å². The maximum Gasteiger partial charge on any atom is 0.254 e. The summed E-state index contributed by atoms with van der Waals surface area (Å²) in [5, 5.41) is 7.21. The predicted octanol–water partition coefficient (Wildman–Crippen LogP) is 4.09. The molecule has 0 bridgehead atoms. The van der Waals surface area contributed by atoms with Crippen molar-refractivity contribution in [3.8, 4) is 11.6 Å². The fraction of sp³-hybridized carbons (Fsp3) is 0.375. The van der Waals surface area contributed by atoms with E-state index in [1.807, 2.05) is 42.2 Å². The van der Waals surface area contributed by atoms with Crippen molar-refractivity contribution in [3.63, 3.8) is 0 Å². The topological polar surface area (TPSA) is 89.7 Å². The van der Waals surface area contributed by atoms with Crippen LogP contribution in [0.25, 0.3) is 0 Å². The van der Waals surface area contributed by atoms with Crippen LogP contribution in [0.4, 0.5) is 11.4 Å². The van der Waals surface area contributed by atoms with Crippen LogP contribution in [0.2, 0.25) is 0 Å². The van der Waals surface area contributed by atoms with Gasteiger partial charge in [-0.25, -0.2) is 0 Å². The first-order chi connectivity index (χ1) is 15.5. The van der Waals surface area contributed by atoms with Crippen molar-refractivity contribution >= 4 is 17.3 Å². The predicted molar refractivity (Wildman–Crippen MR) is 121 cm³/mol. The largest absolute Gasteiger partial charge is 0.497 e. The first-order valence-electron chi connectivity index (χ1n) is 10.7. The number of aromatic nitrogens is 2. The van der Waals surface area contributed by atoms with Crippen molar-refractivity contribution in [1.82, 2.24) is 15.0 Å². The number of carbonyl (C=O) groups excluding carboxylic acids is 1. The zero-order valence-electron chi connectivity index (χ0n) is 18.6. The van der Waals surface area contributed by atoms with Crippen molar-refractivity contribution in [2.24, 2.45) is 0 Å². The van der Waals surface area contributed by atoms with Crippen LogP contribution >= 0.6 is 0 Å². The Morgan fingerprint density at radius 2 is 2.06 bits per heavy atom. The molecule has 1 saturated heterocycles. The van der Waals surface area contributed by atoms with Crippen LogP contribution in [0.3, 0.4) is 0 Å². The lowest BCUT2D eigenvalue weighted by Gasteiger charge is -2.17. The quantitative estimate of drug-likeness (QED) is 0.569. The highest BCUT2D eigenvalue weighted by Crippen LogP contribution is 2.30. The van der Waals surface area contributed by atoms with Crippen LogP contribution in [0.5, 0.6) is 11.6 Å². The van der Waals surface area contributed by atoms with Crippen molar-refractivity contribution in [1.29, 1.82) is 0 Å². The van der Waals surface area contributed by atoms with Crippen LogP contribution in [0.1, 0.15) is 35.9 Å². The maximum absolute atomic E-state index is 12.7. The number of pyridine rings is 1. The van der Waals surface area contributed by atoms with Crippen LogP contribution in [0, 0.1) is 6.92 Å². The van der Waals surface area contributed by atoms with E-state index in [0.717, 1.165) is 41.5 Å². The van der Waals surface area contributed by atoms with E-state index in [-0.39, 0.29) is 11.8 Å². The first kappa shape index (κ1) is 21.7. The number of methoxy groups -OCH3 is 2. The second-order valence-electron chi connectivity index (χ2n) is 7.94. The summed E-state index contributed by atoms with van der Waals surface area (Å²) in [6.45, 7) is 3.40. The number of hydrogen-bond acceptors (Lipinski definition) is 7. The van der Waals surface area contributed by atoms with Gasteiger partial charge in [-0.2, -0.15) is 0 Å². The number of carbonyl (C=O) groups is 1. The number of benzene rings is 1.